The molecule has 1 amide bonds. The van der Waals surface area contributed by atoms with Crippen LogP contribution in [-0.4, -0.2) is 58.4 Å². The number of aryl methyl sites for hydroxylation is 1. The Bertz CT molecular complexity index is 566. The predicted octanol–water partition coefficient (Wildman–Crippen LogP) is 1.53. The first-order valence-electron chi connectivity index (χ1n) is 8.62. The van der Waals surface area contributed by atoms with Gasteiger partial charge in [-0.1, -0.05) is 30.3 Å². The summed E-state index contributed by atoms with van der Waals surface area (Å²) < 4.78 is 0. The van der Waals surface area contributed by atoms with Crippen LogP contribution in [0.3, 0.4) is 0 Å². The van der Waals surface area contributed by atoms with Gasteiger partial charge in [-0.15, -0.1) is 0 Å². The molecule has 3 N–H and O–H groups in total. The van der Waals surface area contributed by atoms with Crippen LogP contribution in [0, 0.1) is 0 Å². The third-order valence-electron chi connectivity index (χ3n) is 4.61. The average Bonchev–Trinajstić information content (AvgIpc) is 3.07. The van der Waals surface area contributed by atoms with Gasteiger partial charge in [-0.25, -0.2) is 4.89 Å². The number of carbonyl (C=O) groups is 2. The number of rotatable bonds is 9. The summed E-state index contributed by atoms with van der Waals surface area (Å²) in [5, 5.41) is 21.0. The molecular formula is C18H26N2O5. The zero-order valence-electron chi connectivity index (χ0n) is 14.4. The molecule has 7 heteroatoms. The Kier molecular flexibility index (Phi) is 7.36. The predicted molar refractivity (Wildman–Crippen MR) is 92.1 cm³/mol. The molecule has 0 spiro atoms. The molecule has 0 unspecified atom stereocenters. The van der Waals surface area contributed by atoms with Crippen molar-refractivity contribution < 1.29 is 24.8 Å². The molecule has 1 aromatic rings. The molecule has 2 rings (SSSR count). The molecule has 1 heterocycles. The number of nitrogens with one attached hydrogen (secondary N) is 1. The normalized spacial score (nSPS) is 19.6. The Balaban J connectivity index is 1.91. The maximum atomic E-state index is 12.6. The minimum absolute atomic E-state index is 0.0782. The molecule has 0 bridgehead atoms. The number of carboxylic acids is 1. The lowest BCUT2D eigenvalue weighted by atomic mass is 10.0. The molecule has 138 valence electrons. The van der Waals surface area contributed by atoms with Gasteiger partial charge in [0.15, 0.2) is 0 Å². The SMILES string of the molecule is C[C@H](N[C@@H](CCc1ccccc1)C(=O)O)C(=O)N1CCC[C@H]1COO. The molecular weight excluding hydrogens is 324 g/mol. The van der Waals surface area contributed by atoms with Crippen LogP contribution in [-0.2, 0) is 20.9 Å². The molecule has 1 aliphatic rings. The summed E-state index contributed by atoms with van der Waals surface area (Å²) in [5.74, 6) is -1.13. The summed E-state index contributed by atoms with van der Waals surface area (Å²) in [7, 11) is 0. The highest BCUT2D eigenvalue weighted by atomic mass is 17.1. The van der Waals surface area contributed by atoms with Crippen molar-refractivity contribution in [2.24, 2.45) is 0 Å². The second kappa shape index (κ2) is 9.50. The van der Waals surface area contributed by atoms with Gasteiger partial charge in [0.25, 0.3) is 0 Å². The van der Waals surface area contributed by atoms with Crippen molar-refractivity contribution in [1.29, 1.82) is 0 Å². The van der Waals surface area contributed by atoms with Gasteiger partial charge >= 0.3 is 5.97 Å². The molecule has 1 saturated heterocycles. The minimum atomic E-state index is -0.966. The Morgan fingerprint density at radius 2 is 2.08 bits per heavy atom. The van der Waals surface area contributed by atoms with Crippen LogP contribution in [0.5, 0.6) is 0 Å². The third kappa shape index (κ3) is 5.52. The van der Waals surface area contributed by atoms with Gasteiger partial charge < -0.3 is 10.0 Å². The molecule has 0 saturated carbocycles. The van der Waals surface area contributed by atoms with Crippen molar-refractivity contribution in [3.05, 3.63) is 35.9 Å². The number of benzene rings is 1. The lowest BCUT2D eigenvalue weighted by Gasteiger charge is -2.28. The van der Waals surface area contributed by atoms with E-state index in [9.17, 15) is 14.7 Å². The number of carboxylic acid groups (broad SMARTS) is 1. The largest absolute Gasteiger partial charge is 0.480 e. The molecule has 3 atom stereocenters. The van der Waals surface area contributed by atoms with Crippen LogP contribution in [0.15, 0.2) is 30.3 Å². The van der Waals surface area contributed by atoms with E-state index >= 15 is 0 Å². The summed E-state index contributed by atoms with van der Waals surface area (Å²) >= 11 is 0. The molecule has 0 aromatic heterocycles. The van der Waals surface area contributed by atoms with Gasteiger partial charge in [0.2, 0.25) is 5.91 Å². The first-order valence-corrected chi connectivity index (χ1v) is 8.62. The smallest absolute Gasteiger partial charge is 0.320 e. The van der Waals surface area contributed by atoms with Crippen LogP contribution in [0.4, 0.5) is 0 Å². The van der Waals surface area contributed by atoms with E-state index in [0.717, 1.165) is 18.4 Å². The maximum Gasteiger partial charge on any atom is 0.320 e. The number of amides is 1. The van der Waals surface area contributed by atoms with Crippen LogP contribution < -0.4 is 5.32 Å². The van der Waals surface area contributed by atoms with Crippen LogP contribution in [0.2, 0.25) is 0 Å². The van der Waals surface area contributed by atoms with Crippen LogP contribution in [0.1, 0.15) is 31.7 Å². The molecule has 0 radical (unpaired) electrons. The van der Waals surface area contributed by atoms with Crippen molar-refractivity contribution in [2.45, 2.75) is 50.7 Å². The van der Waals surface area contributed by atoms with Gasteiger partial charge in [0.1, 0.15) is 12.6 Å². The topological polar surface area (TPSA) is 99.1 Å². The number of hydrogen-bond acceptors (Lipinski definition) is 5. The van der Waals surface area contributed by atoms with E-state index in [1.54, 1.807) is 11.8 Å². The molecule has 0 aliphatic carbocycles. The third-order valence-corrected chi connectivity index (χ3v) is 4.61. The number of nitrogens with zero attached hydrogens (tertiary/aromatic N) is 1. The second-order valence-corrected chi connectivity index (χ2v) is 6.43. The Morgan fingerprint density at radius 3 is 2.72 bits per heavy atom. The highest BCUT2D eigenvalue weighted by Crippen LogP contribution is 2.18. The summed E-state index contributed by atoms with van der Waals surface area (Å²) in [4.78, 5) is 30.0. The van der Waals surface area contributed by atoms with Crippen molar-refractivity contribution in [3.8, 4) is 0 Å². The van der Waals surface area contributed by atoms with Crippen molar-refractivity contribution in [3.63, 3.8) is 0 Å². The van der Waals surface area contributed by atoms with Gasteiger partial charge in [-0.3, -0.25) is 20.2 Å². The molecule has 7 nitrogen and oxygen atoms in total. The molecule has 1 fully saturated rings. The zero-order chi connectivity index (χ0) is 18.2. The van der Waals surface area contributed by atoms with Gasteiger partial charge in [-0.05, 0) is 38.2 Å². The minimum Gasteiger partial charge on any atom is -0.480 e. The number of hydrogen-bond donors (Lipinski definition) is 3. The Labute approximate surface area is 147 Å². The number of aliphatic carboxylic acids is 1. The van der Waals surface area contributed by atoms with E-state index in [1.165, 1.54) is 0 Å². The van der Waals surface area contributed by atoms with Crippen LogP contribution >= 0.6 is 0 Å². The zero-order valence-corrected chi connectivity index (χ0v) is 14.4. The van der Waals surface area contributed by atoms with Crippen molar-refractivity contribution >= 4 is 11.9 Å². The Morgan fingerprint density at radius 1 is 1.36 bits per heavy atom. The standard InChI is InChI=1S/C18H26N2O5/c1-13(17(21)20-11-5-8-15(20)12-25-24)19-16(18(22)23)10-9-14-6-3-2-4-7-14/h2-4,6-7,13,15-16,19,24H,5,8-12H2,1H3,(H,22,23)/t13-,15-,16-/m0/s1. The maximum absolute atomic E-state index is 12.6. The van der Waals surface area contributed by atoms with E-state index in [-0.39, 0.29) is 18.6 Å². The first kappa shape index (κ1) is 19.4. The van der Waals surface area contributed by atoms with Crippen molar-refractivity contribution in [2.75, 3.05) is 13.2 Å². The molecule has 1 aliphatic heterocycles. The monoisotopic (exact) mass is 350 g/mol. The fourth-order valence-electron chi connectivity index (χ4n) is 3.24. The highest BCUT2D eigenvalue weighted by molar-refractivity contribution is 5.83. The summed E-state index contributed by atoms with van der Waals surface area (Å²) in [6.45, 7) is 2.35. The average molecular weight is 350 g/mol. The first-order chi connectivity index (χ1) is 12.0. The fraction of sp³-hybridized carbons (Fsp3) is 0.556. The van der Waals surface area contributed by atoms with Gasteiger partial charge in [0.05, 0.1) is 12.1 Å². The quantitative estimate of drug-likeness (QED) is 0.461. The van der Waals surface area contributed by atoms with Crippen LogP contribution in [0.25, 0.3) is 0 Å². The molecule has 25 heavy (non-hydrogen) atoms. The Hall–Kier alpha value is -1.96. The summed E-state index contributed by atoms with van der Waals surface area (Å²) in [6.07, 6.45) is 2.65. The highest BCUT2D eigenvalue weighted by Gasteiger charge is 2.33. The number of carbonyl (C=O) groups excluding carboxylic acids is 1. The lowest BCUT2D eigenvalue weighted by molar-refractivity contribution is -0.250. The van der Waals surface area contributed by atoms with E-state index in [1.807, 2.05) is 30.3 Å². The summed E-state index contributed by atoms with van der Waals surface area (Å²) in [5.41, 5.74) is 1.06. The molecule has 1 aromatic carbocycles. The van der Waals surface area contributed by atoms with E-state index < -0.39 is 18.1 Å². The summed E-state index contributed by atoms with van der Waals surface area (Å²) in [6, 6.07) is 8.09. The van der Waals surface area contributed by atoms with E-state index in [4.69, 9.17) is 5.26 Å². The lowest BCUT2D eigenvalue weighted by Crippen LogP contribution is -2.52. The van der Waals surface area contributed by atoms with Crippen molar-refractivity contribution in [1.82, 2.24) is 10.2 Å². The van der Waals surface area contributed by atoms with E-state index in [0.29, 0.717) is 19.4 Å². The van der Waals surface area contributed by atoms with Gasteiger partial charge in [-0.2, -0.15) is 0 Å². The van der Waals surface area contributed by atoms with E-state index in [2.05, 4.69) is 10.2 Å². The number of likely N-dealkylation sites (tertiary alicyclic amines) is 1. The second-order valence-electron chi connectivity index (χ2n) is 6.43. The van der Waals surface area contributed by atoms with Gasteiger partial charge in [0, 0.05) is 6.54 Å². The fourth-order valence-corrected chi connectivity index (χ4v) is 3.24.